The maximum atomic E-state index is 12.3. The molecule has 0 unspecified atom stereocenters. The van der Waals surface area contributed by atoms with Gasteiger partial charge in [0.2, 0.25) is 0 Å². The Hall–Kier alpha value is -3.28. The van der Waals surface area contributed by atoms with E-state index in [4.69, 9.17) is 9.15 Å². The molecular weight excluding hydrogens is 368 g/mol. The molecule has 0 aliphatic heterocycles. The largest absolute Gasteiger partial charge is 0.465 e. The Bertz CT molecular complexity index is 950. The molecule has 6 heteroatoms. The maximum Gasteiger partial charge on any atom is 0.337 e. The van der Waals surface area contributed by atoms with Crippen LogP contribution < -0.4 is 0 Å². The van der Waals surface area contributed by atoms with Gasteiger partial charge in [0.25, 0.3) is 0 Å². The molecule has 0 fully saturated rings. The van der Waals surface area contributed by atoms with Crippen LogP contribution in [-0.4, -0.2) is 28.8 Å². The second kappa shape index (κ2) is 10.3. The number of oxazole rings is 1. The van der Waals surface area contributed by atoms with E-state index in [9.17, 15) is 9.59 Å². The molecule has 3 rings (SSSR count). The van der Waals surface area contributed by atoms with Gasteiger partial charge in [0, 0.05) is 24.6 Å². The number of ketones is 1. The van der Waals surface area contributed by atoms with Gasteiger partial charge in [-0.15, -0.1) is 0 Å². The Morgan fingerprint density at radius 2 is 1.79 bits per heavy atom. The zero-order chi connectivity index (χ0) is 20.5. The van der Waals surface area contributed by atoms with E-state index in [2.05, 4.69) is 9.97 Å². The number of carbonyl (C=O) groups excluding carboxylic acids is 2. The van der Waals surface area contributed by atoms with Crippen molar-refractivity contribution in [1.29, 1.82) is 0 Å². The number of hydrogen-bond acceptors (Lipinski definition) is 6. The summed E-state index contributed by atoms with van der Waals surface area (Å²) in [5.41, 5.74) is 1.73. The molecule has 0 aliphatic rings. The van der Waals surface area contributed by atoms with Gasteiger partial charge in [-0.25, -0.2) is 9.78 Å². The molecule has 0 aliphatic carbocycles. The zero-order valence-corrected chi connectivity index (χ0v) is 16.5. The molecule has 0 bridgehead atoms. The van der Waals surface area contributed by atoms with Crippen molar-refractivity contribution < 1.29 is 18.7 Å². The molecule has 0 saturated heterocycles. The van der Waals surface area contributed by atoms with Crippen LogP contribution in [0.4, 0.5) is 0 Å². The number of Topliss-reactive ketones (excluding diaryl/α,β-unsaturated/α-hetero) is 1. The third-order valence-electron chi connectivity index (χ3n) is 4.62. The van der Waals surface area contributed by atoms with Crippen LogP contribution in [-0.2, 0) is 11.2 Å². The summed E-state index contributed by atoms with van der Waals surface area (Å²) in [4.78, 5) is 32.4. The second-order valence-corrected chi connectivity index (χ2v) is 6.74. The number of pyridine rings is 1. The summed E-state index contributed by atoms with van der Waals surface area (Å²) >= 11 is 0. The first-order valence-corrected chi connectivity index (χ1v) is 9.75. The minimum Gasteiger partial charge on any atom is -0.465 e. The van der Waals surface area contributed by atoms with E-state index in [1.807, 2.05) is 18.2 Å². The summed E-state index contributed by atoms with van der Waals surface area (Å²) in [5, 5.41) is 0. The molecule has 1 aromatic carbocycles. The highest BCUT2D eigenvalue weighted by Crippen LogP contribution is 2.19. The third kappa shape index (κ3) is 5.85. The molecule has 0 N–H and O–H groups in total. The molecular formula is C23H24N2O4. The summed E-state index contributed by atoms with van der Waals surface area (Å²) in [6.45, 7) is 0. The Kier molecular flexibility index (Phi) is 7.28. The van der Waals surface area contributed by atoms with E-state index in [-0.39, 0.29) is 5.78 Å². The van der Waals surface area contributed by atoms with Crippen LogP contribution in [0.5, 0.6) is 0 Å². The van der Waals surface area contributed by atoms with Crippen LogP contribution in [0.15, 0.2) is 59.3 Å². The maximum absolute atomic E-state index is 12.3. The number of hydrogen-bond donors (Lipinski definition) is 0. The number of aromatic nitrogens is 2. The van der Waals surface area contributed by atoms with Gasteiger partial charge in [-0.1, -0.05) is 31.0 Å². The lowest BCUT2D eigenvalue weighted by Crippen LogP contribution is -2.05. The zero-order valence-electron chi connectivity index (χ0n) is 16.5. The highest BCUT2D eigenvalue weighted by atomic mass is 16.5. The van der Waals surface area contributed by atoms with Crippen molar-refractivity contribution in [3.63, 3.8) is 0 Å². The summed E-state index contributed by atoms with van der Waals surface area (Å²) in [6.07, 6.45) is 8.38. The smallest absolute Gasteiger partial charge is 0.337 e. The van der Waals surface area contributed by atoms with E-state index in [0.717, 1.165) is 37.8 Å². The van der Waals surface area contributed by atoms with Gasteiger partial charge in [0.05, 0.1) is 18.9 Å². The molecule has 3 aromatic rings. The lowest BCUT2D eigenvalue weighted by Gasteiger charge is -2.04. The predicted octanol–water partition coefficient (Wildman–Crippen LogP) is 4.90. The van der Waals surface area contributed by atoms with Crippen molar-refractivity contribution in [2.24, 2.45) is 0 Å². The van der Waals surface area contributed by atoms with E-state index in [1.165, 1.54) is 7.11 Å². The van der Waals surface area contributed by atoms with Crippen LogP contribution in [0.2, 0.25) is 0 Å². The molecule has 0 amide bonds. The van der Waals surface area contributed by atoms with Crippen molar-refractivity contribution in [3.8, 4) is 11.5 Å². The molecule has 0 atom stereocenters. The number of aryl methyl sites for hydroxylation is 1. The fourth-order valence-corrected chi connectivity index (χ4v) is 3.05. The molecule has 2 heterocycles. The highest BCUT2D eigenvalue weighted by Gasteiger charge is 2.11. The fraction of sp³-hybridized carbons (Fsp3) is 0.304. The molecule has 0 spiro atoms. The number of esters is 1. The standard InChI is InChI=1S/C23H24N2O4/c1-28-23(27)18-10-8-9-17(15-18)20(26)12-4-2-3-5-13-22-25-16-21(29-22)19-11-6-7-14-24-19/h6-11,14-16H,2-5,12-13H2,1H3. The van der Waals surface area contributed by atoms with Gasteiger partial charge in [-0.2, -0.15) is 0 Å². The van der Waals surface area contributed by atoms with Gasteiger partial charge in [-0.3, -0.25) is 9.78 Å². The number of nitrogens with zero attached hydrogens (tertiary/aromatic N) is 2. The quantitative estimate of drug-likeness (QED) is 0.277. The first-order chi connectivity index (χ1) is 14.2. The Balaban J connectivity index is 1.37. The lowest BCUT2D eigenvalue weighted by molar-refractivity contribution is 0.0600. The van der Waals surface area contributed by atoms with Crippen LogP contribution in [0.1, 0.15) is 58.7 Å². The first-order valence-electron chi connectivity index (χ1n) is 9.75. The van der Waals surface area contributed by atoms with Crippen LogP contribution in [0, 0.1) is 0 Å². The number of unbranched alkanes of at least 4 members (excludes halogenated alkanes) is 3. The van der Waals surface area contributed by atoms with Crippen molar-refractivity contribution in [2.75, 3.05) is 7.11 Å². The first kappa shape index (κ1) is 20.5. The molecule has 0 saturated carbocycles. The van der Waals surface area contributed by atoms with Crippen LogP contribution >= 0.6 is 0 Å². The van der Waals surface area contributed by atoms with Gasteiger partial charge < -0.3 is 9.15 Å². The molecule has 0 radical (unpaired) electrons. The van der Waals surface area contributed by atoms with Gasteiger partial charge >= 0.3 is 5.97 Å². The van der Waals surface area contributed by atoms with Crippen LogP contribution in [0.25, 0.3) is 11.5 Å². The molecule has 2 aromatic heterocycles. The number of methoxy groups -OCH3 is 1. The number of rotatable bonds is 10. The topological polar surface area (TPSA) is 82.3 Å². The van der Waals surface area contributed by atoms with Gasteiger partial charge in [0.15, 0.2) is 17.4 Å². The summed E-state index contributed by atoms with van der Waals surface area (Å²) in [7, 11) is 1.33. The Labute approximate surface area is 170 Å². The van der Waals surface area contributed by atoms with E-state index >= 15 is 0 Å². The molecule has 150 valence electrons. The minimum atomic E-state index is -0.433. The lowest BCUT2D eigenvalue weighted by atomic mass is 10.0. The Morgan fingerprint density at radius 1 is 0.966 bits per heavy atom. The van der Waals surface area contributed by atoms with E-state index in [1.54, 1.807) is 36.7 Å². The molecule has 6 nitrogen and oxygen atoms in total. The summed E-state index contributed by atoms with van der Waals surface area (Å²) in [6, 6.07) is 12.3. The number of ether oxygens (including phenoxy) is 1. The fourth-order valence-electron chi connectivity index (χ4n) is 3.05. The van der Waals surface area contributed by atoms with E-state index in [0.29, 0.717) is 29.2 Å². The SMILES string of the molecule is COC(=O)c1cccc(C(=O)CCCCCCc2ncc(-c3ccccn3)o2)c1. The predicted molar refractivity (Wildman–Crippen MR) is 109 cm³/mol. The van der Waals surface area contributed by atoms with Gasteiger partial charge in [-0.05, 0) is 37.1 Å². The van der Waals surface area contributed by atoms with Crippen molar-refractivity contribution in [3.05, 3.63) is 71.9 Å². The van der Waals surface area contributed by atoms with Gasteiger partial charge in [0.1, 0.15) is 5.69 Å². The highest BCUT2D eigenvalue weighted by molar-refractivity contribution is 5.99. The summed E-state index contributed by atoms with van der Waals surface area (Å²) in [5.74, 6) is 1.00. The third-order valence-corrected chi connectivity index (χ3v) is 4.62. The van der Waals surface area contributed by atoms with Crippen LogP contribution in [0.3, 0.4) is 0 Å². The monoisotopic (exact) mass is 392 g/mol. The van der Waals surface area contributed by atoms with Crippen molar-refractivity contribution in [1.82, 2.24) is 9.97 Å². The minimum absolute atomic E-state index is 0.0449. The average Bonchev–Trinajstić information content (AvgIpc) is 3.25. The van der Waals surface area contributed by atoms with E-state index < -0.39 is 5.97 Å². The normalized spacial score (nSPS) is 10.7. The van der Waals surface area contributed by atoms with Crippen molar-refractivity contribution in [2.45, 2.75) is 38.5 Å². The number of carbonyl (C=O) groups is 2. The number of benzene rings is 1. The average molecular weight is 392 g/mol. The molecule has 29 heavy (non-hydrogen) atoms. The van der Waals surface area contributed by atoms with Crippen molar-refractivity contribution >= 4 is 11.8 Å². The summed E-state index contributed by atoms with van der Waals surface area (Å²) < 4.78 is 10.4. The second-order valence-electron chi connectivity index (χ2n) is 6.74. The Morgan fingerprint density at radius 3 is 2.59 bits per heavy atom.